The Balaban J connectivity index is 2.16. The molecule has 2 aromatic rings. The van der Waals surface area contributed by atoms with E-state index in [2.05, 4.69) is 9.98 Å². The first-order valence-corrected chi connectivity index (χ1v) is 5.13. The summed E-state index contributed by atoms with van der Waals surface area (Å²) in [5.74, 6) is -0.388. The van der Waals surface area contributed by atoms with E-state index in [-0.39, 0.29) is 11.9 Å². The van der Waals surface area contributed by atoms with E-state index in [1.54, 1.807) is 12.4 Å². The van der Waals surface area contributed by atoms with Crippen LogP contribution in [0.2, 0.25) is 0 Å². The average molecular weight is 227 g/mol. The fourth-order valence-corrected chi connectivity index (χ4v) is 1.91. The molecule has 17 heavy (non-hydrogen) atoms. The van der Waals surface area contributed by atoms with Crippen molar-refractivity contribution in [2.45, 2.75) is 6.10 Å². The van der Waals surface area contributed by atoms with Crippen molar-refractivity contribution in [2.75, 3.05) is 0 Å². The number of aromatic nitrogens is 1. The molecule has 3 rings (SSSR count). The normalized spacial score (nSPS) is 19.2. The molecule has 1 aliphatic rings. The van der Waals surface area contributed by atoms with E-state index in [0.717, 1.165) is 10.8 Å². The first-order valence-electron chi connectivity index (χ1n) is 5.13. The van der Waals surface area contributed by atoms with Crippen LogP contribution < -0.4 is 5.73 Å². The van der Waals surface area contributed by atoms with Crippen LogP contribution in [0.15, 0.2) is 41.7 Å². The van der Waals surface area contributed by atoms with Gasteiger partial charge in [-0.3, -0.25) is 9.78 Å². The molecule has 2 N–H and O–H groups in total. The zero-order valence-corrected chi connectivity index (χ0v) is 8.83. The van der Waals surface area contributed by atoms with Crippen molar-refractivity contribution >= 4 is 22.7 Å². The van der Waals surface area contributed by atoms with Crippen LogP contribution >= 0.6 is 0 Å². The van der Waals surface area contributed by atoms with Crippen molar-refractivity contribution < 1.29 is 9.53 Å². The highest BCUT2D eigenvalue weighted by molar-refractivity contribution is 6.01. The van der Waals surface area contributed by atoms with Crippen molar-refractivity contribution in [3.63, 3.8) is 0 Å². The minimum Gasteiger partial charge on any atom is -0.447 e. The summed E-state index contributed by atoms with van der Waals surface area (Å²) in [6, 6.07) is 7.56. The van der Waals surface area contributed by atoms with Crippen LogP contribution in [0.25, 0.3) is 10.8 Å². The van der Waals surface area contributed by atoms with Gasteiger partial charge in [0.15, 0.2) is 0 Å². The molecule has 5 nitrogen and oxygen atoms in total. The third-order valence-corrected chi connectivity index (χ3v) is 2.66. The van der Waals surface area contributed by atoms with Gasteiger partial charge in [-0.1, -0.05) is 24.3 Å². The molecule has 0 bridgehead atoms. The highest BCUT2D eigenvalue weighted by Gasteiger charge is 2.30. The van der Waals surface area contributed by atoms with Gasteiger partial charge in [0.2, 0.25) is 6.10 Å². The number of rotatable bonds is 1. The third kappa shape index (κ3) is 1.52. The summed E-state index contributed by atoms with van der Waals surface area (Å²) in [5, 5.41) is 1.87. The van der Waals surface area contributed by atoms with Gasteiger partial charge in [-0.15, -0.1) is 0 Å². The van der Waals surface area contributed by atoms with E-state index < -0.39 is 6.10 Å². The summed E-state index contributed by atoms with van der Waals surface area (Å²) in [6.45, 7) is 0. The summed E-state index contributed by atoms with van der Waals surface area (Å²) in [7, 11) is 0. The van der Waals surface area contributed by atoms with Gasteiger partial charge in [0.1, 0.15) is 0 Å². The minimum atomic E-state index is -0.770. The Kier molecular flexibility index (Phi) is 2.04. The standard InChI is InChI=1S/C12H9N3O2/c13-12-15-11(16)10(17-12)9-6-14-5-7-3-1-2-4-8(7)9/h1-6,10H,(H2,13,15,16). The maximum Gasteiger partial charge on any atom is 0.296 e. The van der Waals surface area contributed by atoms with Crippen molar-refractivity contribution in [3.8, 4) is 0 Å². The first-order chi connectivity index (χ1) is 8.25. The molecule has 0 saturated heterocycles. The quantitative estimate of drug-likeness (QED) is 0.792. The Hall–Kier alpha value is -2.43. The zero-order valence-electron chi connectivity index (χ0n) is 8.83. The maximum absolute atomic E-state index is 11.6. The molecule has 1 aromatic carbocycles. The molecule has 0 spiro atoms. The summed E-state index contributed by atoms with van der Waals surface area (Å²) < 4.78 is 5.21. The predicted octanol–water partition coefficient (Wildman–Crippen LogP) is 1.15. The Labute approximate surface area is 96.9 Å². The number of aliphatic imine (C=N–C) groups is 1. The van der Waals surface area contributed by atoms with Crippen LogP contribution in [0.5, 0.6) is 0 Å². The lowest BCUT2D eigenvalue weighted by Gasteiger charge is -2.10. The molecule has 2 heterocycles. The first kappa shape index (κ1) is 9.77. The summed E-state index contributed by atoms with van der Waals surface area (Å²) in [4.78, 5) is 19.3. The van der Waals surface area contributed by atoms with Crippen LogP contribution in [-0.2, 0) is 9.53 Å². The van der Waals surface area contributed by atoms with Crippen LogP contribution in [0.4, 0.5) is 0 Å². The SMILES string of the molecule is NC1=NC(=O)C(c2cncc3ccccc23)O1. The van der Waals surface area contributed by atoms with Gasteiger partial charge in [-0.25, -0.2) is 0 Å². The number of fused-ring (bicyclic) bond motifs is 1. The van der Waals surface area contributed by atoms with Crippen molar-refractivity contribution in [1.29, 1.82) is 0 Å². The summed E-state index contributed by atoms with van der Waals surface area (Å²) in [6.07, 6.45) is 2.58. The molecule has 1 aromatic heterocycles. The van der Waals surface area contributed by atoms with Crippen LogP contribution in [0.3, 0.4) is 0 Å². The average Bonchev–Trinajstić information content (AvgIpc) is 2.68. The number of ether oxygens (including phenoxy) is 1. The number of pyridine rings is 1. The fraction of sp³-hybridized carbons (Fsp3) is 0.0833. The van der Waals surface area contributed by atoms with Crippen molar-refractivity contribution in [1.82, 2.24) is 4.98 Å². The molecule has 1 aliphatic heterocycles. The summed E-state index contributed by atoms with van der Waals surface area (Å²) in [5.41, 5.74) is 6.08. The third-order valence-electron chi connectivity index (χ3n) is 2.66. The van der Waals surface area contributed by atoms with Crippen LogP contribution in [0.1, 0.15) is 11.7 Å². The van der Waals surface area contributed by atoms with Gasteiger partial charge in [0.05, 0.1) is 0 Å². The van der Waals surface area contributed by atoms with Crippen LogP contribution in [-0.4, -0.2) is 16.9 Å². The van der Waals surface area contributed by atoms with E-state index >= 15 is 0 Å². The largest absolute Gasteiger partial charge is 0.447 e. The van der Waals surface area contributed by atoms with E-state index in [4.69, 9.17) is 10.5 Å². The molecule has 1 amide bonds. The second-order valence-electron chi connectivity index (χ2n) is 3.74. The predicted molar refractivity (Wildman–Crippen MR) is 62.2 cm³/mol. The number of hydrogen-bond acceptors (Lipinski definition) is 4. The highest BCUT2D eigenvalue weighted by atomic mass is 16.5. The molecule has 0 saturated carbocycles. The Bertz CT molecular complexity index is 631. The number of carbonyl (C=O) groups is 1. The lowest BCUT2D eigenvalue weighted by atomic mass is 10.0. The smallest absolute Gasteiger partial charge is 0.296 e. The van der Waals surface area contributed by atoms with Gasteiger partial charge in [-0.05, 0) is 5.39 Å². The van der Waals surface area contributed by atoms with Crippen LogP contribution in [0, 0.1) is 0 Å². The van der Waals surface area contributed by atoms with Gasteiger partial charge in [-0.2, -0.15) is 4.99 Å². The molecule has 0 radical (unpaired) electrons. The second-order valence-corrected chi connectivity index (χ2v) is 3.74. The van der Waals surface area contributed by atoms with Gasteiger partial charge in [0.25, 0.3) is 11.9 Å². The number of benzene rings is 1. The van der Waals surface area contributed by atoms with E-state index in [1.165, 1.54) is 0 Å². The monoisotopic (exact) mass is 227 g/mol. The summed E-state index contributed by atoms with van der Waals surface area (Å²) >= 11 is 0. The number of hydrogen-bond donors (Lipinski definition) is 1. The molecule has 5 heteroatoms. The molecular formula is C12H9N3O2. The zero-order chi connectivity index (χ0) is 11.8. The lowest BCUT2D eigenvalue weighted by Crippen LogP contribution is -2.14. The highest BCUT2D eigenvalue weighted by Crippen LogP contribution is 2.28. The van der Waals surface area contributed by atoms with E-state index in [0.29, 0.717) is 5.56 Å². The Morgan fingerprint density at radius 1 is 1.24 bits per heavy atom. The molecular weight excluding hydrogens is 218 g/mol. The van der Waals surface area contributed by atoms with Gasteiger partial charge >= 0.3 is 0 Å². The van der Waals surface area contributed by atoms with E-state index in [9.17, 15) is 4.79 Å². The van der Waals surface area contributed by atoms with Gasteiger partial charge < -0.3 is 10.5 Å². The number of amides is 1. The number of carbonyl (C=O) groups excluding carboxylic acids is 1. The lowest BCUT2D eigenvalue weighted by molar-refractivity contribution is -0.122. The van der Waals surface area contributed by atoms with Crippen molar-refractivity contribution in [3.05, 3.63) is 42.2 Å². The van der Waals surface area contributed by atoms with Gasteiger partial charge in [0, 0.05) is 23.3 Å². The fourth-order valence-electron chi connectivity index (χ4n) is 1.91. The maximum atomic E-state index is 11.6. The second kappa shape index (κ2) is 3.55. The molecule has 0 fully saturated rings. The number of nitrogens with two attached hydrogens (primary N) is 1. The Morgan fingerprint density at radius 2 is 2.06 bits per heavy atom. The topological polar surface area (TPSA) is 77.6 Å². The molecule has 1 unspecified atom stereocenters. The molecule has 1 atom stereocenters. The number of amidine groups is 1. The van der Waals surface area contributed by atoms with Crippen molar-refractivity contribution in [2.24, 2.45) is 10.7 Å². The molecule has 0 aliphatic carbocycles. The minimum absolute atomic E-state index is 0.0899. The molecule has 84 valence electrons. The number of nitrogens with zero attached hydrogens (tertiary/aromatic N) is 2. The Morgan fingerprint density at radius 3 is 2.82 bits per heavy atom. The van der Waals surface area contributed by atoms with E-state index in [1.807, 2.05) is 24.3 Å².